The van der Waals surface area contributed by atoms with Gasteiger partial charge in [0, 0.05) is 12.1 Å². The number of benzene rings is 1. The molecule has 1 aliphatic carbocycles. The zero-order valence-electron chi connectivity index (χ0n) is 10.6. The Labute approximate surface area is 111 Å². The van der Waals surface area contributed by atoms with E-state index in [4.69, 9.17) is 0 Å². The largest absolute Gasteiger partial charge is 0.294 e. The predicted octanol–water partition coefficient (Wildman–Crippen LogP) is 2.98. The first kappa shape index (κ1) is 12.1. The minimum absolute atomic E-state index is 0.192. The standard InChI is InChI=1S/C15H15FN2O/c16-12-7-5-11(6-8-12)10-18-14-3-1-2-4-15(19)13(14)9-17-18/h5-9H,1-4,10H2. The molecule has 0 aliphatic heterocycles. The molecule has 0 saturated carbocycles. The molecule has 2 aromatic rings. The Balaban J connectivity index is 1.90. The third kappa shape index (κ3) is 2.43. The van der Waals surface area contributed by atoms with Crippen LogP contribution in [-0.2, 0) is 13.0 Å². The topological polar surface area (TPSA) is 34.9 Å². The first-order chi connectivity index (χ1) is 9.24. The van der Waals surface area contributed by atoms with Crippen LogP contribution in [0.2, 0.25) is 0 Å². The Kier molecular flexibility index (Phi) is 3.15. The van der Waals surface area contributed by atoms with Gasteiger partial charge in [-0.15, -0.1) is 0 Å². The molecule has 4 heteroatoms. The van der Waals surface area contributed by atoms with Gasteiger partial charge in [0.15, 0.2) is 5.78 Å². The van der Waals surface area contributed by atoms with E-state index >= 15 is 0 Å². The van der Waals surface area contributed by atoms with Gasteiger partial charge in [0.1, 0.15) is 5.82 Å². The number of hydrogen-bond donors (Lipinski definition) is 0. The lowest BCUT2D eigenvalue weighted by Crippen LogP contribution is -2.07. The quantitative estimate of drug-likeness (QED) is 0.776. The summed E-state index contributed by atoms with van der Waals surface area (Å²) in [5.41, 5.74) is 2.77. The van der Waals surface area contributed by atoms with Crippen LogP contribution in [0.1, 0.15) is 40.9 Å². The third-order valence-corrected chi connectivity index (χ3v) is 3.56. The number of hydrogen-bond acceptors (Lipinski definition) is 2. The van der Waals surface area contributed by atoms with Crippen LogP contribution in [0.15, 0.2) is 30.5 Å². The highest BCUT2D eigenvalue weighted by atomic mass is 19.1. The van der Waals surface area contributed by atoms with E-state index in [1.54, 1.807) is 18.3 Å². The van der Waals surface area contributed by atoms with Crippen LogP contribution in [0, 0.1) is 5.82 Å². The molecule has 3 rings (SSSR count). The number of ketones is 1. The summed E-state index contributed by atoms with van der Waals surface area (Å²) in [6, 6.07) is 6.40. The van der Waals surface area contributed by atoms with Gasteiger partial charge in [0.25, 0.3) is 0 Å². The number of Topliss-reactive ketones (excluding diaryl/α,β-unsaturated/α-hetero) is 1. The number of halogens is 1. The van der Waals surface area contributed by atoms with Crippen LogP contribution in [0.25, 0.3) is 0 Å². The van der Waals surface area contributed by atoms with Gasteiger partial charge in [0.2, 0.25) is 0 Å². The number of aromatic nitrogens is 2. The van der Waals surface area contributed by atoms with Gasteiger partial charge in [-0.05, 0) is 37.0 Å². The van der Waals surface area contributed by atoms with Crippen molar-refractivity contribution in [1.82, 2.24) is 9.78 Å². The molecule has 0 unspecified atom stereocenters. The molecule has 19 heavy (non-hydrogen) atoms. The monoisotopic (exact) mass is 258 g/mol. The minimum Gasteiger partial charge on any atom is -0.294 e. The fraction of sp³-hybridized carbons (Fsp3) is 0.333. The maximum Gasteiger partial charge on any atom is 0.166 e. The Bertz CT molecular complexity index is 601. The van der Waals surface area contributed by atoms with Gasteiger partial charge in [-0.3, -0.25) is 9.48 Å². The van der Waals surface area contributed by atoms with Gasteiger partial charge < -0.3 is 0 Å². The van der Waals surface area contributed by atoms with E-state index in [-0.39, 0.29) is 11.6 Å². The summed E-state index contributed by atoms with van der Waals surface area (Å²) >= 11 is 0. The van der Waals surface area contributed by atoms with Gasteiger partial charge in [-0.25, -0.2) is 4.39 Å². The molecule has 98 valence electrons. The minimum atomic E-state index is -0.238. The Morgan fingerprint density at radius 2 is 1.89 bits per heavy atom. The molecule has 3 nitrogen and oxygen atoms in total. The molecular formula is C15H15FN2O. The average Bonchev–Trinajstić information content (AvgIpc) is 2.71. The van der Waals surface area contributed by atoms with E-state index in [1.165, 1.54) is 12.1 Å². The van der Waals surface area contributed by atoms with Crippen molar-refractivity contribution in [3.8, 4) is 0 Å². The highest BCUT2D eigenvalue weighted by molar-refractivity contribution is 5.97. The zero-order valence-corrected chi connectivity index (χ0v) is 10.6. The van der Waals surface area contributed by atoms with Crippen molar-refractivity contribution in [1.29, 1.82) is 0 Å². The molecule has 1 heterocycles. The second-order valence-electron chi connectivity index (χ2n) is 4.92. The molecule has 0 spiro atoms. The number of fused-ring (bicyclic) bond motifs is 1. The number of carbonyl (C=O) groups is 1. The summed E-state index contributed by atoms with van der Waals surface area (Å²) in [7, 11) is 0. The average molecular weight is 258 g/mol. The number of nitrogens with zero attached hydrogens (tertiary/aromatic N) is 2. The number of rotatable bonds is 2. The van der Waals surface area contributed by atoms with E-state index in [2.05, 4.69) is 5.10 Å². The molecule has 1 aliphatic rings. The van der Waals surface area contributed by atoms with Crippen LogP contribution in [0.5, 0.6) is 0 Å². The molecule has 0 amide bonds. The Morgan fingerprint density at radius 3 is 2.68 bits per heavy atom. The van der Waals surface area contributed by atoms with E-state index in [0.717, 1.165) is 36.1 Å². The lowest BCUT2D eigenvalue weighted by atomic mass is 10.1. The fourth-order valence-corrected chi connectivity index (χ4v) is 2.52. The van der Waals surface area contributed by atoms with Crippen molar-refractivity contribution in [3.05, 3.63) is 53.1 Å². The Hall–Kier alpha value is -1.97. The van der Waals surface area contributed by atoms with Crippen molar-refractivity contribution >= 4 is 5.78 Å². The van der Waals surface area contributed by atoms with Crippen molar-refractivity contribution in [2.24, 2.45) is 0 Å². The SMILES string of the molecule is O=C1CCCCc2c1cnn2Cc1ccc(F)cc1. The Morgan fingerprint density at radius 1 is 1.16 bits per heavy atom. The van der Waals surface area contributed by atoms with E-state index in [1.807, 2.05) is 4.68 Å². The maximum atomic E-state index is 12.9. The van der Waals surface area contributed by atoms with Crippen LogP contribution in [-0.4, -0.2) is 15.6 Å². The third-order valence-electron chi connectivity index (χ3n) is 3.56. The van der Waals surface area contributed by atoms with E-state index in [0.29, 0.717) is 13.0 Å². The van der Waals surface area contributed by atoms with Crippen molar-refractivity contribution in [2.45, 2.75) is 32.2 Å². The molecular weight excluding hydrogens is 243 g/mol. The summed E-state index contributed by atoms with van der Waals surface area (Å²) in [4.78, 5) is 11.9. The molecule has 0 atom stereocenters. The predicted molar refractivity (Wildman–Crippen MR) is 69.6 cm³/mol. The molecule has 0 radical (unpaired) electrons. The summed E-state index contributed by atoms with van der Waals surface area (Å²) in [6.45, 7) is 0.586. The molecule has 0 N–H and O–H groups in total. The van der Waals surface area contributed by atoms with Gasteiger partial charge in [-0.1, -0.05) is 12.1 Å². The second-order valence-corrected chi connectivity index (χ2v) is 4.92. The summed E-state index contributed by atoms with van der Waals surface area (Å²) < 4.78 is 14.7. The lowest BCUT2D eigenvalue weighted by molar-refractivity contribution is 0.0982. The maximum absolute atomic E-state index is 12.9. The van der Waals surface area contributed by atoms with Crippen molar-refractivity contribution < 1.29 is 9.18 Å². The van der Waals surface area contributed by atoms with Gasteiger partial charge in [-0.2, -0.15) is 5.10 Å². The second kappa shape index (κ2) is 4.96. The van der Waals surface area contributed by atoms with Gasteiger partial charge >= 0.3 is 0 Å². The summed E-state index contributed by atoms with van der Waals surface area (Å²) in [5.74, 6) is -0.0453. The fourth-order valence-electron chi connectivity index (χ4n) is 2.52. The highest BCUT2D eigenvalue weighted by Crippen LogP contribution is 2.21. The summed E-state index contributed by atoms with van der Waals surface area (Å²) in [5, 5.41) is 4.31. The molecule has 0 fully saturated rings. The van der Waals surface area contributed by atoms with Crippen LogP contribution in [0.3, 0.4) is 0 Å². The van der Waals surface area contributed by atoms with E-state index < -0.39 is 0 Å². The molecule has 0 saturated heterocycles. The summed E-state index contributed by atoms with van der Waals surface area (Å²) in [6.07, 6.45) is 5.15. The molecule has 1 aromatic carbocycles. The molecule has 0 bridgehead atoms. The number of carbonyl (C=O) groups excluding carboxylic acids is 1. The first-order valence-electron chi connectivity index (χ1n) is 6.56. The normalized spacial score (nSPS) is 15.1. The lowest BCUT2D eigenvalue weighted by Gasteiger charge is -2.07. The molecule has 1 aromatic heterocycles. The van der Waals surface area contributed by atoms with Gasteiger partial charge in [0.05, 0.1) is 18.3 Å². The smallest absolute Gasteiger partial charge is 0.166 e. The van der Waals surface area contributed by atoms with Crippen molar-refractivity contribution in [2.75, 3.05) is 0 Å². The zero-order chi connectivity index (χ0) is 13.2. The van der Waals surface area contributed by atoms with Crippen LogP contribution >= 0.6 is 0 Å². The first-order valence-corrected chi connectivity index (χ1v) is 6.56. The van der Waals surface area contributed by atoms with Crippen LogP contribution < -0.4 is 0 Å². The van der Waals surface area contributed by atoms with E-state index in [9.17, 15) is 9.18 Å². The van der Waals surface area contributed by atoms with Crippen LogP contribution in [0.4, 0.5) is 4.39 Å². The van der Waals surface area contributed by atoms with Crippen molar-refractivity contribution in [3.63, 3.8) is 0 Å². The highest BCUT2D eigenvalue weighted by Gasteiger charge is 2.20.